The molecule has 1 saturated heterocycles. The highest BCUT2D eigenvalue weighted by atomic mass is 32.2. The van der Waals surface area contributed by atoms with Crippen LogP contribution in [-0.2, 0) is 0 Å². The summed E-state index contributed by atoms with van der Waals surface area (Å²) in [5, 5.41) is 3.88. The minimum atomic E-state index is 0.522. The summed E-state index contributed by atoms with van der Waals surface area (Å²) in [6, 6.07) is 0. The molecule has 0 amide bonds. The Kier molecular flexibility index (Phi) is 2.32. The van der Waals surface area contributed by atoms with Crippen molar-refractivity contribution in [2.24, 2.45) is 17.8 Å². The number of nitrogens with one attached hydrogen (secondary N) is 1. The van der Waals surface area contributed by atoms with Crippen LogP contribution >= 0.6 is 11.8 Å². The van der Waals surface area contributed by atoms with E-state index in [0.717, 1.165) is 17.8 Å². The second kappa shape index (κ2) is 3.41. The molecule has 4 fully saturated rings. The van der Waals surface area contributed by atoms with E-state index in [0.29, 0.717) is 4.87 Å². The summed E-state index contributed by atoms with van der Waals surface area (Å²) in [5.41, 5.74) is 0. The fourth-order valence-electron chi connectivity index (χ4n) is 3.57. The van der Waals surface area contributed by atoms with Gasteiger partial charge in [-0.05, 0) is 62.2 Å². The van der Waals surface area contributed by atoms with Crippen LogP contribution in [0.5, 0.6) is 0 Å². The molecule has 80 valence electrons. The van der Waals surface area contributed by atoms with Crippen molar-refractivity contribution < 1.29 is 0 Å². The van der Waals surface area contributed by atoms with Crippen molar-refractivity contribution in [3.05, 3.63) is 0 Å². The lowest BCUT2D eigenvalue weighted by molar-refractivity contribution is 0.0967. The largest absolute Gasteiger partial charge is 0.302 e. The molecule has 2 heteroatoms. The summed E-state index contributed by atoms with van der Waals surface area (Å²) in [6.45, 7) is 3.63. The van der Waals surface area contributed by atoms with Crippen LogP contribution < -0.4 is 5.32 Å². The average molecular weight is 211 g/mol. The van der Waals surface area contributed by atoms with E-state index in [-0.39, 0.29) is 0 Å². The van der Waals surface area contributed by atoms with Gasteiger partial charge in [0.25, 0.3) is 0 Å². The second-order valence-corrected chi connectivity index (χ2v) is 6.96. The van der Waals surface area contributed by atoms with Crippen LogP contribution in [0.1, 0.15) is 39.0 Å². The SMILES string of the molecule is CC1CNC2(CC3CCC2CC3)SC1. The van der Waals surface area contributed by atoms with Gasteiger partial charge in [0.15, 0.2) is 0 Å². The predicted molar refractivity (Wildman–Crippen MR) is 62.4 cm³/mol. The van der Waals surface area contributed by atoms with Gasteiger partial charge in [-0.25, -0.2) is 0 Å². The maximum absolute atomic E-state index is 3.88. The van der Waals surface area contributed by atoms with E-state index in [9.17, 15) is 0 Å². The highest BCUT2D eigenvalue weighted by Gasteiger charge is 2.48. The molecule has 1 heterocycles. The number of fused-ring (bicyclic) bond motifs is 2. The predicted octanol–water partition coefficient (Wildman–Crippen LogP) is 2.87. The first-order valence-electron chi connectivity index (χ1n) is 6.17. The first-order valence-corrected chi connectivity index (χ1v) is 7.16. The summed E-state index contributed by atoms with van der Waals surface area (Å²) in [7, 11) is 0. The normalized spacial score (nSPS) is 52.5. The Morgan fingerprint density at radius 3 is 2.50 bits per heavy atom. The molecule has 0 aromatic heterocycles. The van der Waals surface area contributed by atoms with Gasteiger partial charge < -0.3 is 5.32 Å². The highest BCUT2D eigenvalue weighted by Crippen LogP contribution is 2.53. The lowest BCUT2D eigenvalue weighted by atomic mass is 9.67. The molecular weight excluding hydrogens is 190 g/mol. The topological polar surface area (TPSA) is 12.0 Å². The lowest BCUT2D eigenvalue weighted by Crippen LogP contribution is -2.58. The maximum Gasteiger partial charge on any atom is 0.0676 e. The Morgan fingerprint density at radius 1 is 1.21 bits per heavy atom. The summed E-state index contributed by atoms with van der Waals surface area (Å²) in [6.07, 6.45) is 7.50. The van der Waals surface area contributed by atoms with Gasteiger partial charge in [0.2, 0.25) is 0 Å². The summed E-state index contributed by atoms with van der Waals surface area (Å²) in [5.74, 6) is 4.31. The van der Waals surface area contributed by atoms with Crippen molar-refractivity contribution in [1.82, 2.24) is 5.32 Å². The number of hydrogen-bond acceptors (Lipinski definition) is 2. The highest BCUT2D eigenvalue weighted by molar-refractivity contribution is 8.00. The number of rotatable bonds is 0. The smallest absolute Gasteiger partial charge is 0.0676 e. The molecule has 0 aromatic rings. The standard InChI is InChI=1S/C12H21NS/c1-9-7-13-12(14-8-9)6-10-2-4-11(12)5-3-10/h9-11,13H,2-8H2,1H3. The molecule has 4 rings (SSSR count). The zero-order valence-corrected chi connectivity index (χ0v) is 9.91. The van der Waals surface area contributed by atoms with Gasteiger partial charge in [-0.1, -0.05) is 6.92 Å². The molecular formula is C12H21NS. The first kappa shape index (κ1) is 9.53. The van der Waals surface area contributed by atoms with E-state index in [2.05, 4.69) is 24.0 Å². The zero-order chi connectivity index (χ0) is 9.60. The van der Waals surface area contributed by atoms with Crippen molar-refractivity contribution in [2.75, 3.05) is 12.3 Å². The van der Waals surface area contributed by atoms with Crippen LogP contribution in [0.15, 0.2) is 0 Å². The van der Waals surface area contributed by atoms with Gasteiger partial charge in [0.1, 0.15) is 0 Å². The minimum Gasteiger partial charge on any atom is -0.302 e. The van der Waals surface area contributed by atoms with Crippen LogP contribution in [0, 0.1) is 17.8 Å². The molecule has 1 aliphatic heterocycles. The Hall–Kier alpha value is 0.310. The molecule has 0 radical (unpaired) electrons. The molecule has 2 unspecified atom stereocenters. The average Bonchev–Trinajstić information content (AvgIpc) is 2.25. The van der Waals surface area contributed by atoms with Gasteiger partial charge in [0.05, 0.1) is 4.87 Å². The van der Waals surface area contributed by atoms with Crippen molar-refractivity contribution in [2.45, 2.75) is 43.9 Å². The number of thioether (sulfide) groups is 1. The summed E-state index contributed by atoms with van der Waals surface area (Å²) in [4.78, 5) is 0.522. The third-order valence-electron chi connectivity index (χ3n) is 4.47. The third kappa shape index (κ3) is 1.42. The minimum absolute atomic E-state index is 0.522. The van der Waals surface area contributed by atoms with Gasteiger partial charge in [-0.3, -0.25) is 0 Å². The van der Waals surface area contributed by atoms with E-state index in [1.165, 1.54) is 44.4 Å². The Morgan fingerprint density at radius 2 is 2.00 bits per heavy atom. The first-order chi connectivity index (χ1) is 6.78. The van der Waals surface area contributed by atoms with Gasteiger partial charge in [-0.15, -0.1) is 11.8 Å². The Bertz CT molecular complexity index is 212. The quantitative estimate of drug-likeness (QED) is 0.661. The fourth-order valence-corrected chi connectivity index (χ4v) is 5.28. The Labute approximate surface area is 91.4 Å². The molecule has 2 bridgehead atoms. The van der Waals surface area contributed by atoms with Crippen LogP contribution in [0.2, 0.25) is 0 Å². The van der Waals surface area contributed by atoms with Gasteiger partial charge >= 0.3 is 0 Å². The van der Waals surface area contributed by atoms with E-state index in [4.69, 9.17) is 0 Å². The summed E-state index contributed by atoms with van der Waals surface area (Å²) < 4.78 is 0. The third-order valence-corrected chi connectivity index (χ3v) is 6.37. The van der Waals surface area contributed by atoms with Gasteiger partial charge in [0, 0.05) is 0 Å². The van der Waals surface area contributed by atoms with Crippen LogP contribution in [0.3, 0.4) is 0 Å². The Balaban J connectivity index is 1.76. The monoisotopic (exact) mass is 211 g/mol. The van der Waals surface area contributed by atoms with Crippen LogP contribution in [-0.4, -0.2) is 17.2 Å². The van der Waals surface area contributed by atoms with Crippen LogP contribution in [0.4, 0.5) is 0 Å². The molecule has 4 aliphatic rings. The molecule has 1 spiro atoms. The van der Waals surface area contributed by atoms with Gasteiger partial charge in [-0.2, -0.15) is 0 Å². The maximum atomic E-state index is 3.88. The van der Waals surface area contributed by atoms with Crippen molar-refractivity contribution in [1.29, 1.82) is 0 Å². The fraction of sp³-hybridized carbons (Fsp3) is 1.00. The van der Waals surface area contributed by atoms with E-state index in [1.807, 2.05) is 0 Å². The van der Waals surface area contributed by atoms with Crippen molar-refractivity contribution >= 4 is 11.8 Å². The van der Waals surface area contributed by atoms with E-state index >= 15 is 0 Å². The van der Waals surface area contributed by atoms with E-state index in [1.54, 1.807) is 0 Å². The molecule has 3 saturated carbocycles. The molecule has 1 nitrogen and oxygen atoms in total. The zero-order valence-electron chi connectivity index (χ0n) is 9.09. The van der Waals surface area contributed by atoms with E-state index < -0.39 is 0 Å². The van der Waals surface area contributed by atoms with Crippen molar-refractivity contribution in [3.63, 3.8) is 0 Å². The lowest BCUT2D eigenvalue weighted by Gasteiger charge is -2.54. The number of hydrogen-bond donors (Lipinski definition) is 1. The summed E-state index contributed by atoms with van der Waals surface area (Å²) >= 11 is 2.25. The molecule has 14 heavy (non-hydrogen) atoms. The second-order valence-electron chi connectivity index (χ2n) is 5.61. The molecule has 0 aromatic carbocycles. The molecule has 3 aliphatic carbocycles. The molecule has 1 N–H and O–H groups in total. The molecule has 2 atom stereocenters. The van der Waals surface area contributed by atoms with Crippen LogP contribution in [0.25, 0.3) is 0 Å². The van der Waals surface area contributed by atoms with Crippen molar-refractivity contribution in [3.8, 4) is 0 Å².